The molecule has 0 atom stereocenters. The zero-order valence-electron chi connectivity index (χ0n) is 11.1. The minimum atomic E-state index is -0.579. The van der Waals surface area contributed by atoms with E-state index in [1.54, 1.807) is 0 Å². The Kier molecular flexibility index (Phi) is 3.94. The van der Waals surface area contributed by atoms with E-state index in [1.165, 1.54) is 6.21 Å². The van der Waals surface area contributed by atoms with Crippen LogP contribution < -0.4 is 16.1 Å². The lowest BCUT2D eigenvalue weighted by Gasteiger charge is -2.11. The number of hydrazone groups is 1. The number of benzene rings is 1. The van der Waals surface area contributed by atoms with Crippen LogP contribution in [0.5, 0.6) is 0 Å². The number of rotatable bonds is 4. The maximum atomic E-state index is 11.6. The second kappa shape index (κ2) is 5.83. The largest absolute Gasteiger partial charge is 0.379 e. The molecule has 104 valence electrons. The number of nitrogens with zero attached hydrogens (tertiary/aromatic N) is 4. The number of nitrogen functional groups attached to an aromatic ring is 1. The Hall–Kier alpha value is -2.90. The van der Waals surface area contributed by atoms with Gasteiger partial charge in [0.25, 0.3) is 5.91 Å². The Bertz CT molecular complexity index is 617. The second-order valence-electron chi connectivity index (χ2n) is 4.18. The number of aromatic nitrogens is 2. The van der Waals surface area contributed by atoms with Gasteiger partial charge in [-0.15, -0.1) is 0 Å². The summed E-state index contributed by atoms with van der Waals surface area (Å²) >= 11 is 0. The molecule has 1 aromatic carbocycles. The van der Waals surface area contributed by atoms with Gasteiger partial charge in [0.15, 0.2) is 0 Å². The van der Waals surface area contributed by atoms with Crippen LogP contribution in [0.2, 0.25) is 0 Å². The Labute approximate surface area is 115 Å². The van der Waals surface area contributed by atoms with Gasteiger partial charge in [-0.2, -0.15) is 5.10 Å². The lowest BCUT2D eigenvalue weighted by Crippen LogP contribution is -2.19. The summed E-state index contributed by atoms with van der Waals surface area (Å²) in [6, 6.07) is 7.67. The van der Waals surface area contributed by atoms with Crippen LogP contribution in [-0.4, -0.2) is 36.5 Å². The molecule has 1 amide bonds. The fourth-order valence-corrected chi connectivity index (χ4v) is 1.43. The third kappa shape index (κ3) is 3.10. The summed E-state index contributed by atoms with van der Waals surface area (Å²) in [7, 11) is 3.92. The van der Waals surface area contributed by atoms with Crippen LogP contribution in [0, 0.1) is 0 Å². The molecule has 0 radical (unpaired) electrons. The van der Waals surface area contributed by atoms with E-state index in [-0.39, 0.29) is 11.5 Å². The van der Waals surface area contributed by atoms with Crippen LogP contribution in [0.4, 0.5) is 11.5 Å². The molecule has 0 bridgehead atoms. The first kappa shape index (κ1) is 13.5. The van der Waals surface area contributed by atoms with Crippen LogP contribution in [0.25, 0.3) is 0 Å². The van der Waals surface area contributed by atoms with Crippen LogP contribution in [-0.2, 0) is 0 Å². The molecule has 2 rings (SSSR count). The lowest BCUT2D eigenvalue weighted by molar-refractivity contribution is 0.0946. The molecule has 1 heterocycles. The summed E-state index contributed by atoms with van der Waals surface area (Å²) in [5.41, 5.74) is 9.51. The SMILES string of the molecule is CN(C)c1ccc(C=NNC(=O)c2nonc2N)cc1. The summed E-state index contributed by atoms with van der Waals surface area (Å²) in [6.45, 7) is 0. The first-order valence-electron chi connectivity index (χ1n) is 5.77. The highest BCUT2D eigenvalue weighted by atomic mass is 16.6. The molecule has 3 N–H and O–H groups in total. The molecule has 8 nitrogen and oxygen atoms in total. The van der Waals surface area contributed by atoms with Gasteiger partial charge >= 0.3 is 0 Å². The smallest absolute Gasteiger partial charge is 0.297 e. The van der Waals surface area contributed by atoms with Crippen molar-refractivity contribution in [3.05, 3.63) is 35.5 Å². The van der Waals surface area contributed by atoms with Gasteiger partial charge in [0.05, 0.1) is 6.21 Å². The van der Waals surface area contributed by atoms with Crippen molar-refractivity contribution in [1.82, 2.24) is 15.7 Å². The molecule has 1 aromatic heterocycles. The highest BCUT2D eigenvalue weighted by Gasteiger charge is 2.14. The topological polar surface area (TPSA) is 110 Å². The Morgan fingerprint density at radius 3 is 2.60 bits per heavy atom. The first-order chi connectivity index (χ1) is 9.58. The van der Waals surface area contributed by atoms with Gasteiger partial charge in [-0.25, -0.2) is 10.1 Å². The van der Waals surface area contributed by atoms with Crippen LogP contribution in [0.1, 0.15) is 16.1 Å². The maximum absolute atomic E-state index is 11.6. The molecule has 20 heavy (non-hydrogen) atoms. The Morgan fingerprint density at radius 2 is 2.05 bits per heavy atom. The van der Waals surface area contributed by atoms with E-state index in [0.717, 1.165) is 11.3 Å². The van der Waals surface area contributed by atoms with E-state index >= 15 is 0 Å². The molecule has 2 aromatic rings. The van der Waals surface area contributed by atoms with Gasteiger partial charge in [0, 0.05) is 19.8 Å². The zero-order chi connectivity index (χ0) is 14.5. The number of nitrogens with two attached hydrogens (primary N) is 1. The Balaban J connectivity index is 1.96. The lowest BCUT2D eigenvalue weighted by atomic mass is 10.2. The average molecular weight is 274 g/mol. The van der Waals surface area contributed by atoms with Crippen molar-refractivity contribution in [3.63, 3.8) is 0 Å². The Morgan fingerprint density at radius 1 is 1.35 bits per heavy atom. The molecule has 0 saturated heterocycles. The normalized spacial score (nSPS) is 10.7. The van der Waals surface area contributed by atoms with E-state index in [1.807, 2.05) is 43.3 Å². The maximum Gasteiger partial charge on any atom is 0.297 e. The van der Waals surface area contributed by atoms with Crippen molar-refractivity contribution in [1.29, 1.82) is 0 Å². The predicted octanol–water partition coefficient (Wildman–Crippen LogP) is 0.482. The fourth-order valence-electron chi connectivity index (χ4n) is 1.43. The first-order valence-corrected chi connectivity index (χ1v) is 5.77. The summed E-state index contributed by atoms with van der Waals surface area (Å²) in [5.74, 6) is -0.655. The van der Waals surface area contributed by atoms with Crippen molar-refractivity contribution in [3.8, 4) is 0 Å². The standard InChI is InChI=1S/C12H14N6O2/c1-18(2)9-5-3-8(4-6-9)7-14-15-12(19)10-11(13)17-20-16-10/h3-7H,1-2H3,(H2,13,17)(H,15,19). The van der Waals surface area contributed by atoms with Crippen molar-refractivity contribution >= 4 is 23.6 Å². The molecule has 8 heteroatoms. The molecule has 0 aliphatic rings. The number of carbonyl (C=O) groups is 1. The number of anilines is 2. The van der Waals surface area contributed by atoms with Gasteiger partial charge in [-0.1, -0.05) is 12.1 Å². The highest BCUT2D eigenvalue weighted by molar-refractivity contribution is 5.96. The zero-order valence-corrected chi connectivity index (χ0v) is 11.1. The summed E-state index contributed by atoms with van der Waals surface area (Å²) in [5, 5.41) is 10.5. The van der Waals surface area contributed by atoms with Crippen LogP contribution >= 0.6 is 0 Å². The van der Waals surface area contributed by atoms with E-state index < -0.39 is 5.91 Å². The molecular formula is C12H14N6O2. The van der Waals surface area contributed by atoms with Gasteiger partial charge in [0.2, 0.25) is 11.5 Å². The number of amides is 1. The molecule has 0 saturated carbocycles. The monoisotopic (exact) mass is 274 g/mol. The minimum Gasteiger partial charge on any atom is -0.379 e. The van der Waals surface area contributed by atoms with Gasteiger partial charge in [-0.05, 0) is 28.0 Å². The predicted molar refractivity (Wildman–Crippen MR) is 74.5 cm³/mol. The third-order valence-electron chi connectivity index (χ3n) is 2.52. The van der Waals surface area contributed by atoms with Crippen molar-refractivity contribution in [2.24, 2.45) is 5.10 Å². The molecule has 0 spiro atoms. The van der Waals surface area contributed by atoms with E-state index in [9.17, 15) is 4.79 Å². The van der Waals surface area contributed by atoms with Crippen molar-refractivity contribution in [2.75, 3.05) is 24.7 Å². The average Bonchev–Trinajstić information content (AvgIpc) is 2.85. The fraction of sp³-hybridized carbons (Fsp3) is 0.167. The second-order valence-corrected chi connectivity index (χ2v) is 4.18. The van der Waals surface area contributed by atoms with E-state index in [2.05, 4.69) is 25.5 Å². The van der Waals surface area contributed by atoms with Gasteiger partial charge < -0.3 is 10.6 Å². The molecule has 0 aliphatic carbocycles. The van der Waals surface area contributed by atoms with Crippen molar-refractivity contribution in [2.45, 2.75) is 0 Å². The van der Waals surface area contributed by atoms with Crippen molar-refractivity contribution < 1.29 is 9.42 Å². The number of hydrogen-bond acceptors (Lipinski definition) is 7. The molecule has 0 unspecified atom stereocenters. The van der Waals surface area contributed by atoms with Gasteiger partial charge in [0.1, 0.15) is 0 Å². The molecular weight excluding hydrogens is 260 g/mol. The van der Waals surface area contributed by atoms with Crippen LogP contribution in [0.3, 0.4) is 0 Å². The van der Waals surface area contributed by atoms with Crippen LogP contribution in [0.15, 0.2) is 34.0 Å². The molecule has 0 aliphatic heterocycles. The molecule has 0 fully saturated rings. The summed E-state index contributed by atoms with van der Waals surface area (Å²) in [6.07, 6.45) is 1.51. The van der Waals surface area contributed by atoms with Gasteiger partial charge in [-0.3, -0.25) is 4.79 Å². The summed E-state index contributed by atoms with van der Waals surface area (Å²) < 4.78 is 4.32. The number of carbonyl (C=O) groups excluding carboxylic acids is 1. The van der Waals surface area contributed by atoms with E-state index in [4.69, 9.17) is 5.73 Å². The number of hydrogen-bond donors (Lipinski definition) is 2. The van der Waals surface area contributed by atoms with E-state index in [0.29, 0.717) is 0 Å². The highest BCUT2D eigenvalue weighted by Crippen LogP contribution is 2.10. The summed E-state index contributed by atoms with van der Waals surface area (Å²) in [4.78, 5) is 13.6. The third-order valence-corrected chi connectivity index (χ3v) is 2.52. The number of nitrogens with one attached hydrogen (secondary N) is 1. The quantitative estimate of drug-likeness (QED) is 0.620. The minimum absolute atomic E-state index is 0.0759.